The molecule has 1 aromatic carbocycles. The minimum absolute atomic E-state index is 0.0169. The van der Waals surface area contributed by atoms with Gasteiger partial charge in [0, 0.05) is 13.0 Å². The van der Waals surface area contributed by atoms with Crippen LogP contribution in [-0.4, -0.2) is 41.2 Å². The molecule has 0 unspecified atom stereocenters. The fourth-order valence-electron chi connectivity index (χ4n) is 3.68. The maximum absolute atomic E-state index is 12.5. The van der Waals surface area contributed by atoms with Crippen LogP contribution in [0.2, 0.25) is 0 Å². The van der Waals surface area contributed by atoms with E-state index in [1.54, 1.807) is 6.08 Å². The van der Waals surface area contributed by atoms with E-state index in [0.29, 0.717) is 6.54 Å². The standard InChI is InChI=1S/C17H17NO3/c1-2-10-18-16(19)15(21-12-6-4-3-5-7-12)17(18)11-13-8-9-14(17)20-13/h2-9,13-15H,1,10-11H2/t13-,14+,15-,17-/m0/s1. The maximum Gasteiger partial charge on any atom is 0.267 e. The van der Waals surface area contributed by atoms with E-state index in [4.69, 9.17) is 9.47 Å². The van der Waals surface area contributed by atoms with Gasteiger partial charge in [0.15, 0.2) is 0 Å². The van der Waals surface area contributed by atoms with Gasteiger partial charge in [-0.1, -0.05) is 36.4 Å². The summed E-state index contributed by atoms with van der Waals surface area (Å²) in [5.41, 5.74) is -0.374. The number of carbonyl (C=O) groups is 1. The monoisotopic (exact) mass is 283 g/mol. The molecule has 0 aliphatic carbocycles. The van der Waals surface area contributed by atoms with Gasteiger partial charge in [0.25, 0.3) is 5.91 Å². The van der Waals surface area contributed by atoms with Crippen molar-refractivity contribution in [3.8, 4) is 5.75 Å². The molecule has 0 radical (unpaired) electrons. The van der Waals surface area contributed by atoms with Crippen LogP contribution in [0, 0.1) is 0 Å². The van der Waals surface area contributed by atoms with Crippen LogP contribution >= 0.6 is 0 Å². The number of carbonyl (C=O) groups excluding carboxylic acids is 1. The summed E-state index contributed by atoms with van der Waals surface area (Å²) in [6.07, 6.45) is 6.23. The highest BCUT2D eigenvalue weighted by molar-refractivity contribution is 5.92. The Morgan fingerprint density at radius 1 is 1.38 bits per heavy atom. The fraction of sp³-hybridized carbons (Fsp3) is 0.353. The number of fused-ring (bicyclic) bond motifs is 3. The quantitative estimate of drug-likeness (QED) is 0.626. The molecule has 2 bridgehead atoms. The van der Waals surface area contributed by atoms with Crippen LogP contribution in [0.25, 0.3) is 0 Å². The Hall–Kier alpha value is -2.07. The molecule has 3 aliphatic rings. The molecule has 0 saturated carbocycles. The number of ether oxygens (including phenoxy) is 2. The van der Waals surface area contributed by atoms with Gasteiger partial charge in [0.1, 0.15) is 17.4 Å². The Kier molecular flexibility index (Phi) is 2.69. The second-order valence-electron chi connectivity index (χ2n) is 5.72. The van der Waals surface area contributed by atoms with E-state index in [1.165, 1.54) is 0 Å². The lowest BCUT2D eigenvalue weighted by molar-refractivity contribution is -0.184. The highest BCUT2D eigenvalue weighted by atomic mass is 16.5. The second-order valence-corrected chi connectivity index (χ2v) is 5.72. The topological polar surface area (TPSA) is 38.8 Å². The molecule has 4 nitrogen and oxygen atoms in total. The van der Waals surface area contributed by atoms with Crippen molar-refractivity contribution in [1.29, 1.82) is 0 Å². The number of β-lactam (4-membered cyclic amide) rings is 1. The number of para-hydroxylation sites is 1. The summed E-state index contributed by atoms with van der Waals surface area (Å²) < 4.78 is 11.9. The van der Waals surface area contributed by atoms with Gasteiger partial charge in [-0.3, -0.25) is 4.79 Å². The first-order chi connectivity index (χ1) is 10.3. The SMILES string of the molecule is C=CCN1C(=O)[C@H](Oc2ccccc2)[C@@]12C[C@@H]1C=C[C@H]2O1. The Morgan fingerprint density at radius 3 is 2.81 bits per heavy atom. The zero-order valence-corrected chi connectivity index (χ0v) is 11.6. The van der Waals surface area contributed by atoms with Gasteiger partial charge in [0.05, 0.1) is 6.10 Å². The molecular weight excluding hydrogens is 266 g/mol. The van der Waals surface area contributed by atoms with E-state index in [0.717, 1.165) is 12.2 Å². The Morgan fingerprint density at radius 2 is 2.19 bits per heavy atom. The predicted octanol–water partition coefficient (Wildman–Crippen LogP) is 1.93. The van der Waals surface area contributed by atoms with Crippen LogP contribution in [0.15, 0.2) is 55.1 Å². The van der Waals surface area contributed by atoms with Gasteiger partial charge in [-0.15, -0.1) is 6.58 Å². The summed E-state index contributed by atoms with van der Waals surface area (Å²) >= 11 is 0. The first kappa shape index (κ1) is 12.7. The summed E-state index contributed by atoms with van der Waals surface area (Å²) in [6, 6.07) is 9.49. The van der Waals surface area contributed by atoms with Crippen molar-refractivity contribution in [1.82, 2.24) is 4.90 Å². The van der Waals surface area contributed by atoms with Crippen LogP contribution in [0.5, 0.6) is 5.75 Å². The smallest absolute Gasteiger partial charge is 0.267 e. The van der Waals surface area contributed by atoms with Crippen molar-refractivity contribution < 1.29 is 14.3 Å². The lowest BCUT2D eigenvalue weighted by atomic mass is 9.72. The second kappa shape index (κ2) is 4.46. The van der Waals surface area contributed by atoms with Gasteiger partial charge in [-0.2, -0.15) is 0 Å². The number of nitrogens with zero attached hydrogens (tertiary/aromatic N) is 1. The average molecular weight is 283 g/mol. The summed E-state index contributed by atoms with van der Waals surface area (Å²) in [7, 11) is 0. The Labute approximate surface area is 123 Å². The largest absolute Gasteiger partial charge is 0.478 e. The molecule has 4 heteroatoms. The molecule has 2 saturated heterocycles. The third kappa shape index (κ3) is 1.62. The fourth-order valence-corrected chi connectivity index (χ4v) is 3.68. The summed E-state index contributed by atoms with van der Waals surface area (Å²) in [5.74, 6) is 0.739. The van der Waals surface area contributed by atoms with Crippen molar-refractivity contribution >= 4 is 5.91 Å². The molecule has 1 spiro atoms. The number of hydrogen-bond acceptors (Lipinski definition) is 3. The number of likely N-dealkylation sites (tertiary alicyclic amines) is 1. The van der Waals surface area contributed by atoms with Gasteiger partial charge in [-0.25, -0.2) is 0 Å². The lowest BCUT2D eigenvalue weighted by Gasteiger charge is -2.56. The summed E-state index contributed by atoms with van der Waals surface area (Å²) in [6.45, 7) is 4.28. The van der Waals surface area contributed by atoms with E-state index < -0.39 is 6.10 Å². The van der Waals surface area contributed by atoms with Crippen molar-refractivity contribution in [2.24, 2.45) is 0 Å². The zero-order chi connectivity index (χ0) is 14.4. The van der Waals surface area contributed by atoms with Crippen LogP contribution in [0.3, 0.4) is 0 Å². The molecule has 3 aliphatic heterocycles. The predicted molar refractivity (Wildman–Crippen MR) is 77.9 cm³/mol. The van der Waals surface area contributed by atoms with Crippen molar-refractivity contribution in [2.75, 3.05) is 6.54 Å². The van der Waals surface area contributed by atoms with E-state index in [1.807, 2.05) is 35.2 Å². The highest BCUT2D eigenvalue weighted by Gasteiger charge is 2.70. The minimum atomic E-state index is -0.472. The number of rotatable bonds is 4. The van der Waals surface area contributed by atoms with Gasteiger partial charge in [-0.05, 0) is 12.1 Å². The van der Waals surface area contributed by atoms with E-state index >= 15 is 0 Å². The van der Waals surface area contributed by atoms with Gasteiger partial charge in [0.2, 0.25) is 6.10 Å². The molecule has 2 fully saturated rings. The number of amides is 1. The van der Waals surface area contributed by atoms with E-state index in [9.17, 15) is 4.79 Å². The van der Waals surface area contributed by atoms with Crippen LogP contribution < -0.4 is 4.74 Å². The molecular formula is C17H17NO3. The minimum Gasteiger partial charge on any atom is -0.478 e. The first-order valence-corrected chi connectivity index (χ1v) is 7.23. The summed E-state index contributed by atoms with van der Waals surface area (Å²) in [5, 5.41) is 0. The van der Waals surface area contributed by atoms with E-state index in [-0.39, 0.29) is 23.7 Å². The zero-order valence-electron chi connectivity index (χ0n) is 11.6. The highest BCUT2D eigenvalue weighted by Crippen LogP contribution is 2.50. The van der Waals surface area contributed by atoms with Gasteiger partial charge < -0.3 is 14.4 Å². The number of benzene rings is 1. The molecule has 4 rings (SSSR count). The van der Waals surface area contributed by atoms with E-state index in [2.05, 4.69) is 18.7 Å². The van der Waals surface area contributed by atoms with Gasteiger partial charge >= 0.3 is 0 Å². The van der Waals surface area contributed by atoms with Crippen LogP contribution in [0.1, 0.15) is 6.42 Å². The van der Waals surface area contributed by atoms with Crippen molar-refractivity contribution in [3.63, 3.8) is 0 Å². The molecule has 21 heavy (non-hydrogen) atoms. The molecule has 4 atom stereocenters. The average Bonchev–Trinajstić information content (AvgIpc) is 3.13. The third-order valence-electron chi connectivity index (χ3n) is 4.60. The van der Waals surface area contributed by atoms with Crippen molar-refractivity contribution in [2.45, 2.75) is 30.3 Å². The molecule has 0 aromatic heterocycles. The van der Waals surface area contributed by atoms with Crippen LogP contribution in [0.4, 0.5) is 0 Å². The lowest BCUT2D eigenvalue weighted by Crippen LogP contribution is -2.79. The summed E-state index contributed by atoms with van der Waals surface area (Å²) in [4.78, 5) is 14.3. The normalized spacial score (nSPS) is 36.1. The number of hydrogen-bond donors (Lipinski definition) is 0. The van der Waals surface area contributed by atoms with Crippen molar-refractivity contribution in [3.05, 3.63) is 55.1 Å². The molecule has 3 heterocycles. The maximum atomic E-state index is 12.5. The molecule has 1 aromatic rings. The molecule has 1 amide bonds. The molecule has 108 valence electrons. The Balaban J connectivity index is 1.65. The third-order valence-corrected chi connectivity index (χ3v) is 4.60. The first-order valence-electron chi connectivity index (χ1n) is 7.23. The van der Waals surface area contributed by atoms with Crippen LogP contribution in [-0.2, 0) is 9.53 Å². The Bertz CT molecular complexity index is 612. The molecule has 0 N–H and O–H groups in total.